The third kappa shape index (κ3) is 3.39. The molecule has 0 amide bonds. The van der Waals surface area contributed by atoms with E-state index in [4.69, 9.17) is 9.40 Å². The fourth-order valence-corrected chi connectivity index (χ4v) is 6.40. The minimum absolute atomic E-state index is 0. The Morgan fingerprint density at radius 2 is 1.12 bits per heavy atom. The number of benzene rings is 6. The number of imidazole rings is 1. The van der Waals surface area contributed by atoms with Crippen molar-refractivity contribution < 1.29 is 24.5 Å². The Bertz CT molecular complexity index is 2500. The van der Waals surface area contributed by atoms with E-state index < -0.39 is 0 Å². The second-order valence-electron chi connectivity index (χ2n) is 10.2. The summed E-state index contributed by atoms with van der Waals surface area (Å²) in [6, 6.07) is 48.2. The Kier molecular flexibility index (Phi) is 5.36. The van der Waals surface area contributed by atoms with Crippen molar-refractivity contribution in [3.8, 4) is 11.4 Å². The van der Waals surface area contributed by atoms with E-state index in [0.717, 1.165) is 60.6 Å². The Labute approximate surface area is 248 Å². The van der Waals surface area contributed by atoms with Crippen molar-refractivity contribution in [3.63, 3.8) is 0 Å². The number of rotatable bonds is 1. The van der Waals surface area contributed by atoms with E-state index in [1.54, 1.807) is 0 Å². The number of aromatic nitrogens is 2. The van der Waals surface area contributed by atoms with Crippen molar-refractivity contribution in [1.29, 1.82) is 0 Å². The van der Waals surface area contributed by atoms with Gasteiger partial charge in [0.15, 0.2) is 0 Å². The van der Waals surface area contributed by atoms with Gasteiger partial charge in [-0.3, -0.25) is 4.98 Å². The molecular weight excluding hydrogens is 681 g/mol. The van der Waals surface area contributed by atoms with Gasteiger partial charge in [0.2, 0.25) is 0 Å². The van der Waals surface area contributed by atoms with Gasteiger partial charge in [-0.1, -0.05) is 108 Å². The SMILES string of the molecule is [Ir].[c-]1ccc2c(oc3ccccc32)c1-c1nc2cccc3c4ccccc4c4ccccc4c4ccccc4n1c23. The molecule has 195 valence electrons. The zero-order chi connectivity index (χ0) is 26.2. The van der Waals surface area contributed by atoms with Gasteiger partial charge in [0.25, 0.3) is 0 Å². The summed E-state index contributed by atoms with van der Waals surface area (Å²) in [5.41, 5.74) is 5.61. The summed E-state index contributed by atoms with van der Waals surface area (Å²) in [5.74, 6) is 0.816. The molecular formula is C37H21IrN2O-. The standard InChI is InChI=1S/C37H21N2O.Ir/c1-3-13-25-23(11-1)24-12-2-4-14-26(24)29-17-10-20-32-35(29)39(33-21-7-5-15-27(25)33)37(38-32)31-19-9-18-30-28-16-6-8-22-34(28)40-36(30)31;/h1-18,20-22H;/q-1;. The Hall–Kier alpha value is -4.76. The molecule has 3 aromatic heterocycles. The van der Waals surface area contributed by atoms with Gasteiger partial charge in [0, 0.05) is 41.8 Å². The van der Waals surface area contributed by atoms with Crippen molar-refractivity contribution in [2.75, 3.05) is 0 Å². The molecule has 3 heterocycles. The molecule has 0 N–H and O–H groups in total. The Morgan fingerprint density at radius 3 is 1.88 bits per heavy atom. The van der Waals surface area contributed by atoms with E-state index >= 15 is 0 Å². The summed E-state index contributed by atoms with van der Waals surface area (Å²) in [6.07, 6.45) is 0. The average molecular weight is 702 g/mol. The molecule has 0 aliphatic rings. The van der Waals surface area contributed by atoms with Crippen molar-refractivity contribution in [3.05, 3.63) is 133 Å². The van der Waals surface area contributed by atoms with Crippen molar-refractivity contribution in [2.45, 2.75) is 0 Å². The molecule has 0 unspecified atom stereocenters. The molecule has 0 spiro atoms. The van der Waals surface area contributed by atoms with Crippen LogP contribution in [0.4, 0.5) is 0 Å². The van der Waals surface area contributed by atoms with Gasteiger partial charge in [0.1, 0.15) is 5.58 Å². The van der Waals surface area contributed by atoms with E-state index in [2.05, 4.69) is 120 Å². The third-order valence-corrected chi connectivity index (χ3v) is 8.11. The van der Waals surface area contributed by atoms with Crippen molar-refractivity contribution in [2.24, 2.45) is 0 Å². The van der Waals surface area contributed by atoms with Crippen LogP contribution >= 0.6 is 0 Å². The van der Waals surface area contributed by atoms with Gasteiger partial charge < -0.3 is 8.82 Å². The zero-order valence-electron chi connectivity index (χ0n) is 21.8. The smallest absolute Gasteiger partial charge is 0.120 e. The molecule has 6 aromatic carbocycles. The summed E-state index contributed by atoms with van der Waals surface area (Å²) >= 11 is 0. The molecule has 41 heavy (non-hydrogen) atoms. The van der Waals surface area contributed by atoms with Crippen LogP contribution in [0.1, 0.15) is 0 Å². The summed E-state index contributed by atoms with van der Waals surface area (Å²) in [4.78, 5) is 5.29. The molecule has 9 rings (SSSR count). The maximum atomic E-state index is 6.48. The van der Waals surface area contributed by atoms with Crippen LogP contribution in [0.25, 0.3) is 82.2 Å². The fourth-order valence-electron chi connectivity index (χ4n) is 6.40. The Balaban J connectivity index is 0.00000256. The first-order valence-electron chi connectivity index (χ1n) is 13.5. The maximum Gasteiger partial charge on any atom is 0.120 e. The number of hydrogen-bond acceptors (Lipinski definition) is 2. The van der Waals surface area contributed by atoms with Crippen LogP contribution in [0.15, 0.2) is 132 Å². The summed E-state index contributed by atoms with van der Waals surface area (Å²) < 4.78 is 8.80. The fraction of sp³-hybridized carbons (Fsp3) is 0. The number of furan rings is 1. The first-order valence-corrected chi connectivity index (χ1v) is 13.5. The minimum Gasteiger partial charge on any atom is -0.501 e. The normalized spacial score (nSPS) is 11.7. The predicted molar refractivity (Wildman–Crippen MR) is 166 cm³/mol. The van der Waals surface area contributed by atoms with Crippen LogP contribution in [-0.2, 0) is 20.1 Å². The second-order valence-corrected chi connectivity index (χ2v) is 10.2. The second kappa shape index (κ2) is 9.14. The topological polar surface area (TPSA) is 30.4 Å². The summed E-state index contributed by atoms with van der Waals surface area (Å²) in [7, 11) is 0. The van der Waals surface area contributed by atoms with Gasteiger partial charge >= 0.3 is 0 Å². The van der Waals surface area contributed by atoms with Crippen LogP contribution in [0.2, 0.25) is 0 Å². The van der Waals surface area contributed by atoms with Gasteiger partial charge in [-0.2, -0.15) is 0 Å². The quantitative estimate of drug-likeness (QED) is 0.160. The molecule has 0 atom stereocenters. The van der Waals surface area contributed by atoms with Gasteiger partial charge in [-0.25, -0.2) is 0 Å². The maximum absolute atomic E-state index is 6.48. The van der Waals surface area contributed by atoms with Crippen LogP contribution in [0.5, 0.6) is 0 Å². The largest absolute Gasteiger partial charge is 0.501 e. The number of hydrogen-bond donors (Lipinski definition) is 0. The van der Waals surface area contributed by atoms with Gasteiger partial charge in [-0.05, 0) is 39.7 Å². The summed E-state index contributed by atoms with van der Waals surface area (Å²) in [5, 5.41) is 9.27. The van der Waals surface area contributed by atoms with Crippen LogP contribution < -0.4 is 0 Å². The molecule has 0 saturated heterocycles. The van der Waals surface area contributed by atoms with Crippen LogP contribution in [0, 0.1) is 6.07 Å². The predicted octanol–water partition coefficient (Wildman–Crippen LogP) is 9.87. The van der Waals surface area contributed by atoms with Crippen LogP contribution in [-0.4, -0.2) is 9.38 Å². The molecule has 3 nitrogen and oxygen atoms in total. The minimum atomic E-state index is 0. The van der Waals surface area contributed by atoms with E-state index in [0.29, 0.717) is 0 Å². The van der Waals surface area contributed by atoms with Crippen LogP contribution in [0.3, 0.4) is 0 Å². The van der Waals surface area contributed by atoms with Gasteiger partial charge in [-0.15, -0.1) is 18.2 Å². The van der Waals surface area contributed by atoms with E-state index in [1.165, 1.54) is 21.5 Å². The van der Waals surface area contributed by atoms with Crippen molar-refractivity contribution >= 4 is 70.8 Å². The molecule has 0 fully saturated rings. The first kappa shape index (κ1) is 24.1. The van der Waals surface area contributed by atoms with Crippen molar-refractivity contribution in [1.82, 2.24) is 9.38 Å². The average Bonchev–Trinajstić information content (AvgIpc) is 3.60. The third-order valence-electron chi connectivity index (χ3n) is 8.11. The molecule has 0 aliphatic heterocycles. The van der Waals surface area contributed by atoms with Gasteiger partial charge in [0.05, 0.1) is 22.4 Å². The van der Waals surface area contributed by atoms with E-state index in [-0.39, 0.29) is 20.1 Å². The number of nitrogens with zero attached hydrogens (tertiary/aromatic N) is 2. The monoisotopic (exact) mass is 702 g/mol. The molecule has 1 radical (unpaired) electrons. The Morgan fingerprint density at radius 1 is 0.537 bits per heavy atom. The molecule has 4 heteroatoms. The molecule has 9 aromatic rings. The number of fused-ring (bicyclic) bond motifs is 10. The molecule has 0 aliphatic carbocycles. The molecule has 0 bridgehead atoms. The zero-order valence-corrected chi connectivity index (χ0v) is 24.2. The summed E-state index contributed by atoms with van der Waals surface area (Å²) in [6.45, 7) is 0. The van der Waals surface area contributed by atoms with E-state index in [1.807, 2.05) is 18.2 Å². The van der Waals surface area contributed by atoms with E-state index in [9.17, 15) is 0 Å². The first-order chi connectivity index (χ1) is 19.9. The molecule has 0 saturated carbocycles. The number of para-hydroxylation sites is 3.